The number of carbonyl (C=O) groups is 1. The number of hydrogen-bond acceptors (Lipinski definition) is 7. The van der Waals surface area contributed by atoms with Gasteiger partial charge in [-0.1, -0.05) is 16.8 Å². The lowest BCUT2D eigenvalue weighted by Crippen LogP contribution is -2.48. The molecular weight excluding hydrogens is 430 g/mol. The van der Waals surface area contributed by atoms with Gasteiger partial charge in [-0.05, 0) is 43.3 Å². The number of anilines is 1. The van der Waals surface area contributed by atoms with E-state index in [9.17, 15) is 4.79 Å². The Labute approximate surface area is 189 Å². The molecule has 0 N–H and O–H groups in total. The maximum atomic E-state index is 13.0. The predicted molar refractivity (Wildman–Crippen MR) is 119 cm³/mol. The van der Waals surface area contributed by atoms with Crippen LogP contribution in [0.1, 0.15) is 16.3 Å². The van der Waals surface area contributed by atoms with E-state index >= 15 is 0 Å². The van der Waals surface area contributed by atoms with Gasteiger partial charge in [0.05, 0.1) is 0 Å². The Morgan fingerprint density at radius 1 is 1.06 bits per heavy atom. The van der Waals surface area contributed by atoms with E-state index in [1.165, 1.54) is 0 Å². The first-order valence-corrected chi connectivity index (χ1v) is 10.6. The number of hydrogen-bond donors (Lipinski definition) is 0. The zero-order chi connectivity index (χ0) is 22.1. The molecule has 0 atom stereocenters. The molecule has 162 valence electrons. The zero-order valence-corrected chi connectivity index (χ0v) is 18.1. The first-order valence-electron chi connectivity index (χ1n) is 10.2. The van der Waals surface area contributed by atoms with Crippen LogP contribution in [0.4, 0.5) is 5.69 Å². The first-order chi connectivity index (χ1) is 15.6. The SMILES string of the molecule is Cc1noc(-c2ccnc(-n3cnc(C(=O)N4CCN(c5ccc(Cl)cc5)CC4)c3)c2)n1. The van der Waals surface area contributed by atoms with Crippen molar-refractivity contribution in [3.63, 3.8) is 0 Å². The second-order valence-electron chi connectivity index (χ2n) is 7.47. The number of imidazole rings is 1. The molecule has 9 nitrogen and oxygen atoms in total. The standard InChI is InChI=1S/C22H20ClN7O2/c1-15-26-21(32-27-15)16-6-7-24-20(12-16)30-13-19(25-14-30)22(31)29-10-8-28(9-11-29)18-4-2-17(23)3-5-18/h2-7,12-14H,8-11H2,1H3. The lowest BCUT2D eigenvalue weighted by atomic mass is 10.2. The van der Waals surface area contributed by atoms with Crippen molar-refractivity contribution in [1.29, 1.82) is 0 Å². The molecule has 1 aromatic carbocycles. The van der Waals surface area contributed by atoms with Crippen LogP contribution in [0, 0.1) is 6.92 Å². The molecule has 1 aliphatic heterocycles. The Morgan fingerprint density at radius 3 is 2.56 bits per heavy atom. The van der Waals surface area contributed by atoms with E-state index in [1.807, 2.05) is 35.2 Å². The summed E-state index contributed by atoms with van der Waals surface area (Å²) in [6.45, 7) is 4.51. The molecule has 10 heteroatoms. The fraction of sp³-hybridized carbons (Fsp3) is 0.227. The maximum absolute atomic E-state index is 13.0. The highest BCUT2D eigenvalue weighted by atomic mass is 35.5. The Kier molecular flexibility index (Phi) is 5.32. The lowest BCUT2D eigenvalue weighted by molar-refractivity contribution is 0.0741. The van der Waals surface area contributed by atoms with Crippen LogP contribution in [0.25, 0.3) is 17.3 Å². The largest absolute Gasteiger partial charge is 0.368 e. The van der Waals surface area contributed by atoms with Gasteiger partial charge >= 0.3 is 0 Å². The molecule has 1 amide bonds. The minimum Gasteiger partial charge on any atom is -0.368 e. The summed E-state index contributed by atoms with van der Waals surface area (Å²) in [6, 6.07) is 11.4. The monoisotopic (exact) mass is 449 g/mol. The highest BCUT2D eigenvalue weighted by Crippen LogP contribution is 2.21. The highest BCUT2D eigenvalue weighted by molar-refractivity contribution is 6.30. The van der Waals surface area contributed by atoms with Crippen molar-refractivity contribution < 1.29 is 9.32 Å². The third kappa shape index (κ3) is 4.06. The topological polar surface area (TPSA) is 93.2 Å². The van der Waals surface area contributed by atoms with Gasteiger partial charge in [0.25, 0.3) is 11.8 Å². The Bertz CT molecular complexity index is 1240. The van der Waals surface area contributed by atoms with Crippen molar-refractivity contribution in [2.75, 3.05) is 31.1 Å². The summed E-state index contributed by atoms with van der Waals surface area (Å²) in [6.07, 6.45) is 4.93. The van der Waals surface area contributed by atoms with E-state index in [4.69, 9.17) is 16.1 Å². The number of amides is 1. The van der Waals surface area contributed by atoms with E-state index < -0.39 is 0 Å². The molecule has 0 saturated carbocycles. The van der Waals surface area contributed by atoms with Gasteiger partial charge in [0.2, 0.25) is 0 Å². The Balaban J connectivity index is 1.27. The summed E-state index contributed by atoms with van der Waals surface area (Å²) in [5, 5.41) is 4.53. The number of nitrogens with zero attached hydrogens (tertiary/aromatic N) is 7. The van der Waals surface area contributed by atoms with Gasteiger partial charge in [0.15, 0.2) is 5.82 Å². The fourth-order valence-electron chi connectivity index (χ4n) is 3.65. The number of carbonyl (C=O) groups excluding carboxylic acids is 1. The molecule has 4 heterocycles. The van der Waals surface area contributed by atoms with Gasteiger partial charge in [-0.2, -0.15) is 4.98 Å². The minimum atomic E-state index is -0.0943. The second kappa shape index (κ2) is 8.43. The molecule has 5 rings (SSSR count). The van der Waals surface area contributed by atoms with Crippen molar-refractivity contribution in [3.05, 3.63) is 71.7 Å². The van der Waals surface area contributed by atoms with Crippen LogP contribution in [0.3, 0.4) is 0 Å². The molecule has 1 aliphatic rings. The number of benzene rings is 1. The van der Waals surface area contributed by atoms with Crippen LogP contribution >= 0.6 is 11.6 Å². The molecule has 0 unspecified atom stereocenters. The van der Waals surface area contributed by atoms with Crippen LogP contribution < -0.4 is 4.90 Å². The molecular formula is C22H20ClN7O2. The van der Waals surface area contributed by atoms with E-state index in [1.54, 1.807) is 36.3 Å². The van der Waals surface area contributed by atoms with E-state index in [-0.39, 0.29) is 5.91 Å². The Hall–Kier alpha value is -3.72. The van der Waals surface area contributed by atoms with Crippen molar-refractivity contribution in [1.82, 2.24) is 29.6 Å². The first kappa shape index (κ1) is 20.2. The molecule has 1 fully saturated rings. The van der Waals surface area contributed by atoms with Crippen LogP contribution in [-0.2, 0) is 0 Å². The van der Waals surface area contributed by atoms with Crippen molar-refractivity contribution in [2.45, 2.75) is 6.92 Å². The number of halogens is 1. The summed E-state index contributed by atoms with van der Waals surface area (Å²) in [7, 11) is 0. The van der Waals surface area contributed by atoms with Crippen LogP contribution in [-0.4, -0.2) is 61.7 Å². The third-order valence-electron chi connectivity index (χ3n) is 5.34. The van der Waals surface area contributed by atoms with Gasteiger partial charge in [-0.25, -0.2) is 9.97 Å². The summed E-state index contributed by atoms with van der Waals surface area (Å²) in [5.41, 5.74) is 2.23. The van der Waals surface area contributed by atoms with Gasteiger partial charge in [0.1, 0.15) is 17.8 Å². The second-order valence-corrected chi connectivity index (χ2v) is 7.91. The normalized spacial score (nSPS) is 14.1. The number of pyridine rings is 1. The van der Waals surface area contributed by atoms with Crippen LogP contribution in [0.5, 0.6) is 0 Å². The molecule has 0 spiro atoms. The average molecular weight is 450 g/mol. The maximum Gasteiger partial charge on any atom is 0.274 e. The van der Waals surface area contributed by atoms with Crippen LogP contribution in [0.15, 0.2) is 59.6 Å². The molecule has 4 aromatic rings. The van der Waals surface area contributed by atoms with E-state index in [2.05, 4.69) is 25.0 Å². The van der Waals surface area contributed by atoms with Crippen molar-refractivity contribution in [2.24, 2.45) is 0 Å². The third-order valence-corrected chi connectivity index (χ3v) is 5.60. The summed E-state index contributed by atoms with van der Waals surface area (Å²) in [4.78, 5) is 30.0. The van der Waals surface area contributed by atoms with Crippen LogP contribution in [0.2, 0.25) is 5.02 Å². The fourth-order valence-corrected chi connectivity index (χ4v) is 3.77. The molecule has 32 heavy (non-hydrogen) atoms. The minimum absolute atomic E-state index is 0.0943. The number of aromatic nitrogens is 5. The molecule has 0 bridgehead atoms. The summed E-state index contributed by atoms with van der Waals surface area (Å²) >= 11 is 5.97. The van der Waals surface area contributed by atoms with Gasteiger partial charge in [-0.3, -0.25) is 9.36 Å². The average Bonchev–Trinajstić information content (AvgIpc) is 3.49. The lowest BCUT2D eigenvalue weighted by Gasteiger charge is -2.35. The summed E-state index contributed by atoms with van der Waals surface area (Å²) in [5.74, 6) is 1.49. The Morgan fingerprint density at radius 2 is 1.84 bits per heavy atom. The molecule has 3 aromatic heterocycles. The van der Waals surface area contributed by atoms with E-state index in [0.29, 0.717) is 41.3 Å². The number of piperazine rings is 1. The highest BCUT2D eigenvalue weighted by Gasteiger charge is 2.24. The number of rotatable bonds is 4. The molecule has 0 aliphatic carbocycles. The predicted octanol–water partition coefficient (Wildman–Crippen LogP) is 3.24. The number of aryl methyl sites for hydroxylation is 1. The smallest absolute Gasteiger partial charge is 0.274 e. The van der Waals surface area contributed by atoms with Crippen molar-refractivity contribution >= 4 is 23.2 Å². The quantitative estimate of drug-likeness (QED) is 0.472. The summed E-state index contributed by atoms with van der Waals surface area (Å²) < 4.78 is 6.94. The molecule has 1 saturated heterocycles. The van der Waals surface area contributed by atoms with Gasteiger partial charge in [-0.15, -0.1) is 0 Å². The molecule has 0 radical (unpaired) electrons. The van der Waals surface area contributed by atoms with E-state index in [0.717, 1.165) is 24.3 Å². The van der Waals surface area contributed by atoms with Gasteiger partial charge in [0, 0.05) is 54.8 Å². The van der Waals surface area contributed by atoms with Gasteiger partial charge < -0.3 is 14.3 Å². The zero-order valence-electron chi connectivity index (χ0n) is 17.3. The van der Waals surface area contributed by atoms with Crippen molar-refractivity contribution in [3.8, 4) is 17.3 Å².